The molecule has 0 spiro atoms. The lowest BCUT2D eigenvalue weighted by atomic mass is 10.1. The summed E-state index contributed by atoms with van der Waals surface area (Å²) < 4.78 is 1.73. The highest BCUT2D eigenvalue weighted by Gasteiger charge is 2.55. The Balaban J connectivity index is 1.48. The van der Waals surface area contributed by atoms with Gasteiger partial charge < -0.3 is 5.32 Å². The van der Waals surface area contributed by atoms with Crippen LogP contribution in [0.5, 0.6) is 0 Å². The number of hydrogen-bond acceptors (Lipinski definition) is 6. The molecule has 2 aliphatic rings. The molecule has 0 radical (unpaired) electrons. The molecule has 2 atom stereocenters. The van der Waals surface area contributed by atoms with Gasteiger partial charge in [0.05, 0.1) is 5.69 Å². The summed E-state index contributed by atoms with van der Waals surface area (Å²) in [6, 6.07) is 12.1. The number of rotatable bonds is 4. The Hall–Kier alpha value is -2.59. The zero-order chi connectivity index (χ0) is 19.8. The number of halogens is 2. The second-order valence-electron chi connectivity index (χ2n) is 6.24. The van der Waals surface area contributed by atoms with Crippen LogP contribution < -0.4 is 10.2 Å². The quantitative estimate of drug-likeness (QED) is 0.644. The Bertz CT molecular complexity index is 978. The van der Waals surface area contributed by atoms with Gasteiger partial charge in [0, 0.05) is 14.6 Å². The molecule has 28 heavy (non-hydrogen) atoms. The minimum atomic E-state index is -0.934. The first-order chi connectivity index (χ1) is 13.4. The van der Waals surface area contributed by atoms with Crippen molar-refractivity contribution in [3.63, 3.8) is 0 Å². The van der Waals surface area contributed by atoms with E-state index in [2.05, 4.69) is 47.5 Å². The lowest BCUT2D eigenvalue weighted by Crippen LogP contribution is -2.43. The number of nitrogens with one attached hydrogen (secondary N) is 1. The number of carbonyl (C=O) groups is 3. The molecule has 0 saturated carbocycles. The molecule has 2 heterocycles. The fourth-order valence-electron chi connectivity index (χ4n) is 3.08. The van der Waals surface area contributed by atoms with Crippen molar-refractivity contribution in [1.29, 1.82) is 0 Å². The molecule has 0 aromatic heterocycles. The van der Waals surface area contributed by atoms with Gasteiger partial charge in [0.15, 0.2) is 12.1 Å². The normalized spacial score (nSPS) is 20.6. The summed E-state index contributed by atoms with van der Waals surface area (Å²) in [7, 11) is 0. The van der Waals surface area contributed by atoms with Crippen molar-refractivity contribution in [2.24, 2.45) is 10.3 Å². The van der Waals surface area contributed by atoms with Crippen LogP contribution >= 0.6 is 31.9 Å². The molecule has 4 rings (SSSR count). The second-order valence-corrected chi connectivity index (χ2v) is 8.07. The van der Waals surface area contributed by atoms with Crippen LogP contribution in [0.2, 0.25) is 0 Å². The van der Waals surface area contributed by atoms with Gasteiger partial charge in [-0.25, -0.2) is 4.90 Å². The van der Waals surface area contributed by atoms with Crippen LogP contribution in [0.15, 0.2) is 67.8 Å². The average molecular weight is 507 g/mol. The van der Waals surface area contributed by atoms with E-state index in [0.29, 0.717) is 11.4 Å². The number of hydrogen-bond donors (Lipinski definition) is 1. The summed E-state index contributed by atoms with van der Waals surface area (Å²) in [5, 5.41) is 11.8. The van der Waals surface area contributed by atoms with Gasteiger partial charge in [-0.3, -0.25) is 19.4 Å². The third-order valence-corrected chi connectivity index (χ3v) is 5.43. The maximum atomic E-state index is 12.9. The Morgan fingerprint density at radius 1 is 0.964 bits per heavy atom. The third kappa shape index (κ3) is 3.45. The lowest BCUT2D eigenvalue weighted by molar-refractivity contribution is -0.123. The van der Waals surface area contributed by atoms with E-state index >= 15 is 0 Å². The number of nitrogens with zero attached hydrogens (tertiary/aromatic N) is 4. The number of amides is 3. The van der Waals surface area contributed by atoms with E-state index in [-0.39, 0.29) is 12.5 Å². The molecule has 0 aliphatic carbocycles. The number of carbonyl (C=O) groups excluding carboxylic acids is 3. The zero-order valence-corrected chi connectivity index (χ0v) is 17.4. The van der Waals surface area contributed by atoms with E-state index in [1.165, 1.54) is 5.01 Å². The second kappa shape index (κ2) is 7.44. The standard InChI is InChI=1S/C18H13Br2N5O3/c19-10-1-5-12(6-2-10)21-14(26)9-24-16-15(22-23-24)17(27)25(18(16)28)13-7-3-11(20)4-8-13/h1-8,15-16H,9H2,(H,21,26)/t15-,16+/m1/s1. The predicted molar refractivity (Wildman–Crippen MR) is 109 cm³/mol. The highest BCUT2D eigenvalue weighted by molar-refractivity contribution is 9.10. The first-order valence-corrected chi connectivity index (χ1v) is 9.89. The largest absolute Gasteiger partial charge is 0.324 e. The first kappa shape index (κ1) is 18.8. The van der Waals surface area contributed by atoms with Crippen molar-refractivity contribution in [2.45, 2.75) is 12.1 Å². The van der Waals surface area contributed by atoms with Crippen molar-refractivity contribution in [3.05, 3.63) is 57.5 Å². The molecule has 0 unspecified atom stereocenters. The lowest BCUT2D eigenvalue weighted by Gasteiger charge is -2.20. The Morgan fingerprint density at radius 2 is 1.57 bits per heavy atom. The zero-order valence-electron chi connectivity index (χ0n) is 14.3. The summed E-state index contributed by atoms with van der Waals surface area (Å²) in [5.41, 5.74) is 1.08. The van der Waals surface area contributed by atoms with Crippen molar-refractivity contribution in [3.8, 4) is 0 Å². The maximum Gasteiger partial charge on any atom is 0.263 e. The van der Waals surface area contributed by atoms with Crippen LogP contribution in [0.4, 0.5) is 11.4 Å². The van der Waals surface area contributed by atoms with E-state index in [4.69, 9.17) is 0 Å². The van der Waals surface area contributed by atoms with Crippen LogP contribution in [0.3, 0.4) is 0 Å². The van der Waals surface area contributed by atoms with Gasteiger partial charge >= 0.3 is 0 Å². The molecule has 1 fully saturated rings. The summed E-state index contributed by atoms with van der Waals surface area (Å²) in [6.45, 7) is -0.187. The van der Waals surface area contributed by atoms with Crippen LogP contribution in [0.1, 0.15) is 0 Å². The molecule has 1 saturated heterocycles. The summed E-state index contributed by atoms with van der Waals surface area (Å²) in [4.78, 5) is 38.9. The van der Waals surface area contributed by atoms with Crippen molar-refractivity contribution in [1.82, 2.24) is 5.01 Å². The van der Waals surface area contributed by atoms with Crippen molar-refractivity contribution < 1.29 is 14.4 Å². The van der Waals surface area contributed by atoms with Gasteiger partial charge in [-0.05, 0) is 48.5 Å². The van der Waals surface area contributed by atoms with Crippen molar-refractivity contribution >= 4 is 61.0 Å². The maximum absolute atomic E-state index is 12.9. The Labute approximate surface area is 176 Å². The molecular weight excluding hydrogens is 494 g/mol. The molecule has 1 N–H and O–H groups in total. The first-order valence-electron chi connectivity index (χ1n) is 8.30. The number of imide groups is 1. The minimum Gasteiger partial charge on any atom is -0.324 e. The van der Waals surface area contributed by atoms with Gasteiger partial charge in [-0.1, -0.05) is 37.1 Å². The fraction of sp³-hybridized carbons (Fsp3) is 0.167. The van der Waals surface area contributed by atoms with Crippen LogP contribution in [0.25, 0.3) is 0 Å². The number of benzene rings is 2. The highest BCUT2D eigenvalue weighted by Crippen LogP contribution is 2.32. The molecule has 10 heteroatoms. The van der Waals surface area contributed by atoms with E-state index in [0.717, 1.165) is 13.8 Å². The van der Waals surface area contributed by atoms with Gasteiger partial charge in [-0.2, -0.15) is 5.11 Å². The number of fused-ring (bicyclic) bond motifs is 1. The SMILES string of the molecule is O=C(CN1N=N[C@H]2C(=O)N(c3ccc(Br)cc3)C(=O)[C@H]21)Nc1ccc(Br)cc1. The van der Waals surface area contributed by atoms with Gasteiger partial charge in [0.25, 0.3) is 11.8 Å². The summed E-state index contributed by atoms with van der Waals surface area (Å²) in [6.07, 6.45) is 0. The molecule has 3 amide bonds. The fourth-order valence-corrected chi connectivity index (χ4v) is 3.61. The molecule has 8 nitrogen and oxygen atoms in total. The van der Waals surface area contributed by atoms with Gasteiger partial charge in [0.2, 0.25) is 5.91 Å². The van der Waals surface area contributed by atoms with E-state index in [9.17, 15) is 14.4 Å². The average Bonchev–Trinajstić information content (AvgIpc) is 3.18. The van der Waals surface area contributed by atoms with Crippen LogP contribution in [-0.2, 0) is 14.4 Å². The Morgan fingerprint density at radius 3 is 2.21 bits per heavy atom. The smallest absolute Gasteiger partial charge is 0.263 e. The van der Waals surface area contributed by atoms with E-state index in [1.54, 1.807) is 48.5 Å². The molecule has 2 aromatic carbocycles. The monoisotopic (exact) mass is 505 g/mol. The molecule has 2 aliphatic heterocycles. The van der Waals surface area contributed by atoms with Gasteiger partial charge in [0.1, 0.15) is 6.54 Å². The van der Waals surface area contributed by atoms with Gasteiger partial charge in [-0.15, -0.1) is 0 Å². The molecular formula is C18H13Br2N5O3. The third-order valence-electron chi connectivity index (χ3n) is 4.38. The van der Waals surface area contributed by atoms with Crippen LogP contribution in [0, 0.1) is 0 Å². The van der Waals surface area contributed by atoms with Crippen molar-refractivity contribution in [2.75, 3.05) is 16.8 Å². The predicted octanol–water partition coefficient (Wildman–Crippen LogP) is 3.14. The minimum absolute atomic E-state index is 0.187. The Kier molecular flexibility index (Phi) is 4.98. The molecule has 142 valence electrons. The summed E-state index contributed by atoms with van der Waals surface area (Å²) >= 11 is 6.65. The number of anilines is 2. The highest BCUT2D eigenvalue weighted by atomic mass is 79.9. The topological polar surface area (TPSA) is 94.4 Å². The van der Waals surface area contributed by atoms with Crippen LogP contribution in [-0.4, -0.2) is 41.4 Å². The van der Waals surface area contributed by atoms with E-state index in [1.807, 2.05) is 0 Å². The van der Waals surface area contributed by atoms with E-state index < -0.39 is 23.9 Å². The summed E-state index contributed by atoms with van der Waals surface area (Å²) in [5.74, 6) is -1.25. The molecule has 0 bridgehead atoms. The molecule has 2 aromatic rings.